The third-order valence-corrected chi connectivity index (χ3v) is 4.95. The van der Waals surface area contributed by atoms with Gasteiger partial charge in [-0.15, -0.1) is 11.3 Å². The van der Waals surface area contributed by atoms with Crippen molar-refractivity contribution in [2.24, 2.45) is 7.05 Å². The molecule has 0 radical (unpaired) electrons. The first kappa shape index (κ1) is 14.8. The third-order valence-electron chi connectivity index (χ3n) is 3.68. The number of carbonyl (C=O) groups excluding carboxylic acids is 1. The maximum Gasteiger partial charge on any atom is 0.275 e. The maximum absolute atomic E-state index is 12.6. The van der Waals surface area contributed by atoms with E-state index in [9.17, 15) is 4.79 Å². The van der Waals surface area contributed by atoms with Crippen molar-refractivity contribution < 1.29 is 4.79 Å². The second-order valence-electron chi connectivity index (χ2n) is 5.72. The monoisotopic (exact) mass is 313 g/mol. The number of nitrogens with one attached hydrogen (secondary N) is 1. The number of hydrogen-bond donors (Lipinski definition) is 1. The minimum Gasteiger partial charge on any atom is -0.350 e. The summed E-state index contributed by atoms with van der Waals surface area (Å²) >= 11 is 1.59. The summed E-state index contributed by atoms with van der Waals surface area (Å²) < 4.78 is 2.04. The predicted molar refractivity (Wildman–Crippen MR) is 91.8 cm³/mol. The van der Waals surface area contributed by atoms with Crippen LogP contribution in [0.25, 0.3) is 10.9 Å². The van der Waals surface area contributed by atoms with Crippen molar-refractivity contribution >= 4 is 33.8 Å². The number of amides is 1. The van der Waals surface area contributed by atoms with Gasteiger partial charge in [0.15, 0.2) is 0 Å². The van der Waals surface area contributed by atoms with E-state index in [1.165, 1.54) is 0 Å². The number of carbonyl (C=O) groups is 1. The van der Waals surface area contributed by atoms with Crippen molar-refractivity contribution in [1.82, 2.24) is 9.55 Å². The van der Waals surface area contributed by atoms with Gasteiger partial charge < -0.3 is 9.88 Å². The Morgan fingerprint density at radius 3 is 2.82 bits per heavy atom. The highest BCUT2D eigenvalue weighted by molar-refractivity contribution is 7.12. The van der Waals surface area contributed by atoms with E-state index in [4.69, 9.17) is 0 Å². The minimum absolute atomic E-state index is 0.135. The Labute approximate surface area is 133 Å². The summed E-state index contributed by atoms with van der Waals surface area (Å²) in [5.41, 5.74) is 2.46. The largest absolute Gasteiger partial charge is 0.350 e. The number of rotatable bonds is 3. The van der Waals surface area contributed by atoms with Crippen LogP contribution in [0.3, 0.4) is 0 Å². The molecule has 0 aliphatic heterocycles. The zero-order valence-electron chi connectivity index (χ0n) is 13.2. The fourth-order valence-corrected chi connectivity index (χ4v) is 3.52. The molecule has 0 aliphatic carbocycles. The molecule has 22 heavy (non-hydrogen) atoms. The number of nitrogens with zero attached hydrogens (tertiary/aromatic N) is 2. The summed E-state index contributed by atoms with van der Waals surface area (Å²) in [7, 11) is 1.99. The van der Waals surface area contributed by atoms with Gasteiger partial charge in [-0.25, -0.2) is 4.98 Å². The first-order valence-electron chi connectivity index (χ1n) is 7.30. The number of benzene rings is 1. The fourth-order valence-electron chi connectivity index (χ4n) is 2.59. The lowest BCUT2D eigenvalue weighted by Gasteiger charge is -2.08. The molecule has 0 spiro atoms. The van der Waals surface area contributed by atoms with E-state index in [2.05, 4.69) is 24.1 Å². The smallest absolute Gasteiger partial charge is 0.275 e. The SMILES string of the molecule is Cc1nc(C(=O)Nc2cccc3c2ccn3C)c(C(C)C)s1. The molecule has 3 rings (SSSR count). The highest BCUT2D eigenvalue weighted by Gasteiger charge is 2.19. The Kier molecular flexibility index (Phi) is 3.74. The van der Waals surface area contributed by atoms with Gasteiger partial charge in [-0.3, -0.25) is 4.79 Å². The summed E-state index contributed by atoms with van der Waals surface area (Å²) in [6.07, 6.45) is 1.99. The molecule has 0 unspecified atom stereocenters. The molecule has 114 valence electrons. The second kappa shape index (κ2) is 5.57. The van der Waals surface area contributed by atoms with Gasteiger partial charge in [-0.2, -0.15) is 0 Å². The molecule has 1 amide bonds. The first-order chi connectivity index (χ1) is 10.5. The molecule has 4 nitrogen and oxygen atoms in total. The Morgan fingerprint density at radius 2 is 2.09 bits per heavy atom. The molecule has 1 N–H and O–H groups in total. The average molecular weight is 313 g/mol. The number of aromatic nitrogens is 2. The van der Waals surface area contributed by atoms with Crippen LogP contribution in [-0.4, -0.2) is 15.5 Å². The van der Waals surface area contributed by atoms with Gasteiger partial charge in [0.2, 0.25) is 0 Å². The van der Waals surface area contributed by atoms with Crippen LogP contribution in [0.1, 0.15) is 40.1 Å². The van der Waals surface area contributed by atoms with Crippen LogP contribution in [0, 0.1) is 6.92 Å². The van der Waals surface area contributed by atoms with Crippen molar-refractivity contribution in [2.45, 2.75) is 26.7 Å². The lowest BCUT2D eigenvalue weighted by Crippen LogP contribution is -2.14. The van der Waals surface area contributed by atoms with Gasteiger partial charge in [0.05, 0.1) is 10.7 Å². The lowest BCUT2D eigenvalue weighted by atomic mass is 10.1. The molecule has 0 fully saturated rings. The van der Waals surface area contributed by atoms with E-state index in [0.29, 0.717) is 11.6 Å². The quantitative estimate of drug-likeness (QED) is 0.783. The maximum atomic E-state index is 12.6. The summed E-state index contributed by atoms with van der Waals surface area (Å²) in [6, 6.07) is 7.93. The van der Waals surface area contributed by atoms with Gasteiger partial charge in [-0.05, 0) is 31.0 Å². The predicted octanol–water partition coefficient (Wildman–Crippen LogP) is 4.32. The molecule has 2 aromatic heterocycles. The lowest BCUT2D eigenvalue weighted by molar-refractivity contribution is 0.102. The normalized spacial score (nSPS) is 11.3. The number of thiazole rings is 1. The van der Waals surface area contributed by atoms with E-state index in [1.54, 1.807) is 11.3 Å². The summed E-state index contributed by atoms with van der Waals surface area (Å²) in [5.74, 6) is 0.156. The van der Waals surface area contributed by atoms with Gasteiger partial charge in [0.1, 0.15) is 5.69 Å². The van der Waals surface area contributed by atoms with Crippen LogP contribution in [0.2, 0.25) is 0 Å². The van der Waals surface area contributed by atoms with E-state index in [0.717, 1.165) is 26.5 Å². The van der Waals surface area contributed by atoms with Crippen molar-refractivity contribution in [3.63, 3.8) is 0 Å². The topological polar surface area (TPSA) is 46.9 Å². The molecule has 0 saturated heterocycles. The van der Waals surface area contributed by atoms with E-state index < -0.39 is 0 Å². The molecule has 0 atom stereocenters. The summed E-state index contributed by atoms with van der Waals surface area (Å²) in [6.45, 7) is 6.11. The molecule has 0 saturated carbocycles. The molecular weight excluding hydrogens is 294 g/mol. The summed E-state index contributed by atoms with van der Waals surface area (Å²) in [5, 5.41) is 4.98. The zero-order chi connectivity index (χ0) is 15.9. The number of fused-ring (bicyclic) bond motifs is 1. The van der Waals surface area contributed by atoms with E-state index in [1.807, 2.05) is 49.0 Å². The highest BCUT2D eigenvalue weighted by atomic mass is 32.1. The van der Waals surface area contributed by atoms with Crippen LogP contribution < -0.4 is 5.32 Å². The second-order valence-corrected chi connectivity index (χ2v) is 6.95. The molecular formula is C17H19N3OS. The molecule has 2 heterocycles. The average Bonchev–Trinajstić information content (AvgIpc) is 3.04. The van der Waals surface area contributed by atoms with Gasteiger partial charge in [0, 0.05) is 29.0 Å². The Bertz CT molecular complexity index is 845. The molecule has 1 aromatic carbocycles. The Balaban J connectivity index is 1.97. The van der Waals surface area contributed by atoms with E-state index in [-0.39, 0.29) is 5.91 Å². The highest BCUT2D eigenvalue weighted by Crippen LogP contribution is 2.28. The standard InChI is InChI=1S/C17H19N3OS/c1-10(2)16-15(18-11(3)22-16)17(21)19-13-6-5-7-14-12(13)8-9-20(14)4/h5-10H,1-4H3,(H,19,21). The van der Waals surface area contributed by atoms with Crippen molar-refractivity contribution in [2.75, 3.05) is 5.32 Å². The molecule has 3 aromatic rings. The van der Waals surface area contributed by atoms with Crippen LogP contribution >= 0.6 is 11.3 Å². The van der Waals surface area contributed by atoms with Crippen LogP contribution in [0.15, 0.2) is 30.5 Å². The van der Waals surface area contributed by atoms with Gasteiger partial charge in [-0.1, -0.05) is 19.9 Å². The van der Waals surface area contributed by atoms with Gasteiger partial charge in [0.25, 0.3) is 5.91 Å². The zero-order valence-corrected chi connectivity index (χ0v) is 14.0. The Hall–Kier alpha value is -2.14. The van der Waals surface area contributed by atoms with Crippen LogP contribution in [0.5, 0.6) is 0 Å². The van der Waals surface area contributed by atoms with Gasteiger partial charge >= 0.3 is 0 Å². The molecule has 0 aliphatic rings. The number of aryl methyl sites for hydroxylation is 2. The minimum atomic E-state index is -0.135. The fraction of sp³-hybridized carbons (Fsp3) is 0.294. The number of anilines is 1. The van der Waals surface area contributed by atoms with Crippen LogP contribution in [-0.2, 0) is 7.05 Å². The van der Waals surface area contributed by atoms with E-state index >= 15 is 0 Å². The van der Waals surface area contributed by atoms with Crippen molar-refractivity contribution in [1.29, 1.82) is 0 Å². The number of hydrogen-bond acceptors (Lipinski definition) is 3. The first-order valence-corrected chi connectivity index (χ1v) is 8.11. The van der Waals surface area contributed by atoms with Crippen LogP contribution in [0.4, 0.5) is 5.69 Å². The molecule has 5 heteroatoms. The summed E-state index contributed by atoms with van der Waals surface area (Å²) in [4.78, 5) is 18.1. The molecule has 0 bridgehead atoms. The van der Waals surface area contributed by atoms with Crippen molar-refractivity contribution in [3.05, 3.63) is 46.0 Å². The van der Waals surface area contributed by atoms with Crippen molar-refractivity contribution in [3.8, 4) is 0 Å². The third kappa shape index (κ3) is 2.52. The Morgan fingerprint density at radius 1 is 1.32 bits per heavy atom.